The van der Waals surface area contributed by atoms with Crippen molar-refractivity contribution in [2.75, 3.05) is 5.32 Å². The number of nitrogens with one attached hydrogen (secondary N) is 1. The maximum Gasteiger partial charge on any atom is 0.265 e. The monoisotopic (exact) mass is 269 g/mol. The number of benzene rings is 2. The molecule has 0 aliphatic carbocycles. The summed E-state index contributed by atoms with van der Waals surface area (Å²) in [5.41, 5.74) is 3.10. The van der Waals surface area contributed by atoms with Crippen LogP contribution in [0.3, 0.4) is 0 Å². The molecule has 0 radical (unpaired) electrons. The minimum Gasteiger partial charge on any atom is -0.481 e. The van der Waals surface area contributed by atoms with Crippen molar-refractivity contribution in [2.45, 2.75) is 26.9 Å². The zero-order chi connectivity index (χ0) is 14.5. The highest BCUT2D eigenvalue weighted by molar-refractivity contribution is 5.94. The van der Waals surface area contributed by atoms with Crippen LogP contribution in [0.25, 0.3) is 0 Å². The van der Waals surface area contributed by atoms with Crippen molar-refractivity contribution >= 4 is 11.6 Å². The van der Waals surface area contributed by atoms with Gasteiger partial charge >= 0.3 is 0 Å². The van der Waals surface area contributed by atoms with Crippen LogP contribution in [0.5, 0.6) is 5.75 Å². The fourth-order valence-corrected chi connectivity index (χ4v) is 1.76. The average molecular weight is 269 g/mol. The van der Waals surface area contributed by atoms with Crippen LogP contribution in [0.2, 0.25) is 0 Å². The van der Waals surface area contributed by atoms with Gasteiger partial charge in [-0.1, -0.05) is 35.4 Å². The van der Waals surface area contributed by atoms with E-state index in [9.17, 15) is 4.79 Å². The minimum atomic E-state index is -0.543. The maximum absolute atomic E-state index is 12.0. The van der Waals surface area contributed by atoms with E-state index in [2.05, 4.69) is 5.32 Å². The Morgan fingerprint density at radius 2 is 1.45 bits per heavy atom. The number of aryl methyl sites for hydroxylation is 2. The van der Waals surface area contributed by atoms with Crippen molar-refractivity contribution in [3.8, 4) is 5.75 Å². The molecular formula is C17H19NO2. The van der Waals surface area contributed by atoms with E-state index in [0.29, 0.717) is 5.75 Å². The molecule has 0 saturated carbocycles. The Labute approximate surface area is 119 Å². The van der Waals surface area contributed by atoms with Gasteiger partial charge in [-0.05, 0) is 45.0 Å². The van der Waals surface area contributed by atoms with E-state index in [1.165, 1.54) is 0 Å². The number of amides is 1. The summed E-state index contributed by atoms with van der Waals surface area (Å²) in [5, 5.41) is 2.84. The molecule has 3 nitrogen and oxygen atoms in total. The molecule has 1 atom stereocenters. The number of hydrogen-bond acceptors (Lipinski definition) is 2. The number of ether oxygens (including phenoxy) is 1. The first kappa shape index (κ1) is 14.1. The molecule has 0 heterocycles. The Balaban J connectivity index is 1.94. The summed E-state index contributed by atoms with van der Waals surface area (Å²) in [6, 6.07) is 15.3. The lowest BCUT2D eigenvalue weighted by atomic mass is 10.2. The Kier molecular flexibility index (Phi) is 4.41. The summed E-state index contributed by atoms with van der Waals surface area (Å²) >= 11 is 0. The van der Waals surface area contributed by atoms with Crippen LogP contribution in [-0.4, -0.2) is 12.0 Å². The third-order valence-corrected chi connectivity index (χ3v) is 3.02. The fraction of sp³-hybridized carbons (Fsp3) is 0.235. The van der Waals surface area contributed by atoms with Gasteiger partial charge in [0, 0.05) is 5.69 Å². The molecule has 2 rings (SSSR count). The summed E-state index contributed by atoms with van der Waals surface area (Å²) in [6.45, 7) is 5.76. The molecule has 0 saturated heterocycles. The molecule has 3 heteroatoms. The first-order valence-corrected chi connectivity index (χ1v) is 6.65. The second-order valence-corrected chi connectivity index (χ2v) is 4.93. The molecule has 0 aliphatic rings. The third-order valence-electron chi connectivity index (χ3n) is 3.02. The number of anilines is 1. The number of carbonyl (C=O) groups excluding carboxylic acids is 1. The molecule has 2 aromatic rings. The highest BCUT2D eigenvalue weighted by Crippen LogP contribution is 2.14. The lowest BCUT2D eigenvalue weighted by molar-refractivity contribution is -0.122. The number of carbonyl (C=O) groups is 1. The van der Waals surface area contributed by atoms with E-state index >= 15 is 0 Å². The molecule has 0 unspecified atom stereocenters. The standard InChI is InChI=1S/C17H19NO2/c1-12-4-8-15(9-5-12)18-17(19)14(3)20-16-10-6-13(2)7-11-16/h4-11,14H,1-3H3,(H,18,19)/t14-/m0/s1. The van der Waals surface area contributed by atoms with Crippen molar-refractivity contribution in [1.82, 2.24) is 0 Å². The second kappa shape index (κ2) is 6.24. The predicted molar refractivity (Wildman–Crippen MR) is 81.1 cm³/mol. The summed E-state index contributed by atoms with van der Waals surface area (Å²) in [5.74, 6) is 0.539. The molecule has 0 aliphatic heterocycles. The van der Waals surface area contributed by atoms with Crippen molar-refractivity contribution in [1.29, 1.82) is 0 Å². The molecular weight excluding hydrogens is 250 g/mol. The molecule has 1 amide bonds. The smallest absolute Gasteiger partial charge is 0.265 e. The molecule has 0 bridgehead atoms. The SMILES string of the molecule is Cc1ccc(NC(=O)[C@H](C)Oc2ccc(C)cc2)cc1. The van der Waals surface area contributed by atoms with Crippen LogP contribution in [0, 0.1) is 13.8 Å². The van der Waals surface area contributed by atoms with Crippen LogP contribution < -0.4 is 10.1 Å². The van der Waals surface area contributed by atoms with Gasteiger partial charge in [-0.15, -0.1) is 0 Å². The van der Waals surface area contributed by atoms with Gasteiger partial charge in [0.25, 0.3) is 5.91 Å². The first-order chi connectivity index (χ1) is 9.54. The lowest BCUT2D eigenvalue weighted by Crippen LogP contribution is -2.30. The van der Waals surface area contributed by atoms with E-state index in [4.69, 9.17) is 4.74 Å². The molecule has 0 fully saturated rings. The Morgan fingerprint density at radius 1 is 0.950 bits per heavy atom. The van der Waals surface area contributed by atoms with Gasteiger partial charge in [-0.3, -0.25) is 4.79 Å². The van der Waals surface area contributed by atoms with Crippen LogP contribution in [0.4, 0.5) is 5.69 Å². The topological polar surface area (TPSA) is 38.3 Å². The summed E-state index contributed by atoms with van der Waals surface area (Å²) in [6.07, 6.45) is -0.543. The minimum absolute atomic E-state index is 0.158. The van der Waals surface area contributed by atoms with Gasteiger partial charge in [0.1, 0.15) is 5.75 Å². The predicted octanol–water partition coefficient (Wildman–Crippen LogP) is 3.71. The van der Waals surface area contributed by atoms with Crippen LogP contribution >= 0.6 is 0 Å². The van der Waals surface area contributed by atoms with Gasteiger partial charge in [0.05, 0.1) is 0 Å². The zero-order valence-corrected chi connectivity index (χ0v) is 12.0. The van der Waals surface area contributed by atoms with Gasteiger partial charge in [0.15, 0.2) is 6.10 Å². The van der Waals surface area contributed by atoms with Crippen LogP contribution in [0.1, 0.15) is 18.1 Å². The Morgan fingerprint density at radius 3 is 2.00 bits per heavy atom. The van der Waals surface area contributed by atoms with Gasteiger partial charge in [-0.25, -0.2) is 0 Å². The highest BCUT2D eigenvalue weighted by atomic mass is 16.5. The largest absolute Gasteiger partial charge is 0.481 e. The van der Waals surface area contributed by atoms with Crippen molar-refractivity contribution < 1.29 is 9.53 Å². The average Bonchev–Trinajstić information content (AvgIpc) is 2.44. The quantitative estimate of drug-likeness (QED) is 0.919. The van der Waals surface area contributed by atoms with E-state index in [1.54, 1.807) is 6.92 Å². The van der Waals surface area contributed by atoms with Gasteiger partial charge in [-0.2, -0.15) is 0 Å². The first-order valence-electron chi connectivity index (χ1n) is 6.65. The van der Waals surface area contributed by atoms with E-state index in [1.807, 2.05) is 62.4 Å². The van der Waals surface area contributed by atoms with Crippen molar-refractivity contribution in [3.63, 3.8) is 0 Å². The van der Waals surface area contributed by atoms with E-state index < -0.39 is 6.10 Å². The second-order valence-electron chi connectivity index (χ2n) is 4.93. The number of hydrogen-bond donors (Lipinski definition) is 1. The zero-order valence-electron chi connectivity index (χ0n) is 12.0. The fourth-order valence-electron chi connectivity index (χ4n) is 1.76. The summed E-state index contributed by atoms with van der Waals surface area (Å²) < 4.78 is 5.62. The molecule has 0 spiro atoms. The van der Waals surface area contributed by atoms with Crippen molar-refractivity contribution in [3.05, 3.63) is 59.7 Å². The van der Waals surface area contributed by atoms with Crippen LogP contribution in [-0.2, 0) is 4.79 Å². The molecule has 0 aromatic heterocycles. The van der Waals surface area contributed by atoms with E-state index in [0.717, 1.165) is 16.8 Å². The summed E-state index contributed by atoms with van der Waals surface area (Å²) in [4.78, 5) is 12.0. The number of rotatable bonds is 4. The summed E-state index contributed by atoms with van der Waals surface area (Å²) in [7, 11) is 0. The van der Waals surface area contributed by atoms with Gasteiger partial charge in [0.2, 0.25) is 0 Å². The normalized spacial score (nSPS) is 11.8. The van der Waals surface area contributed by atoms with Crippen LogP contribution in [0.15, 0.2) is 48.5 Å². The Hall–Kier alpha value is -2.29. The molecule has 2 aromatic carbocycles. The van der Waals surface area contributed by atoms with Crippen molar-refractivity contribution in [2.24, 2.45) is 0 Å². The highest BCUT2D eigenvalue weighted by Gasteiger charge is 2.14. The molecule has 20 heavy (non-hydrogen) atoms. The van der Waals surface area contributed by atoms with Gasteiger partial charge < -0.3 is 10.1 Å². The Bertz CT molecular complexity index is 573. The lowest BCUT2D eigenvalue weighted by Gasteiger charge is -2.15. The van der Waals surface area contributed by atoms with E-state index in [-0.39, 0.29) is 5.91 Å². The third kappa shape index (κ3) is 3.85. The molecule has 1 N–H and O–H groups in total. The maximum atomic E-state index is 12.0. The molecule has 104 valence electrons.